The predicted octanol–water partition coefficient (Wildman–Crippen LogP) is 6.43. The maximum absolute atomic E-state index is 6.03. The van der Waals surface area contributed by atoms with Gasteiger partial charge in [-0.05, 0) is 43.9 Å². The molecule has 0 aliphatic carbocycles. The molecular formula is C23H21Cl2N. The maximum atomic E-state index is 6.03. The molecule has 0 N–H and O–H groups in total. The van der Waals surface area contributed by atoms with Gasteiger partial charge >= 0.3 is 0 Å². The van der Waals surface area contributed by atoms with Crippen molar-refractivity contribution in [1.82, 2.24) is 4.90 Å². The molecule has 0 amide bonds. The maximum Gasteiger partial charge on any atom is 0.0351 e. The molecule has 0 bridgehead atoms. The second-order valence-corrected chi connectivity index (χ2v) is 7.37. The number of fused-ring (bicyclic) bond motifs is 4. The van der Waals surface area contributed by atoms with Gasteiger partial charge < -0.3 is 0 Å². The first-order valence-corrected chi connectivity index (χ1v) is 10.0. The van der Waals surface area contributed by atoms with Gasteiger partial charge in [0.05, 0.1) is 0 Å². The molecule has 0 atom stereocenters. The second kappa shape index (κ2) is 7.84. The van der Waals surface area contributed by atoms with Crippen molar-refractivity contribution in [2.75, 3.05) is 24.8 Å². The van der Waals surface area contributed by atoms with Gasteiger partial charge in [-0.1, -0.05) is 60.7 Å². The van der Waals surface area contributed by atoms with Crippen LogP contribution in [0.3, 0.4) is 0 Å². The highest BCUT2D eigenvalue weighted by Gasteiger charge is 2.13. The van der Waals surface area contributed by atoms with E-state index in [1.807, 2.05) is 0 Å². The van der Waals surface area contributed by atoms with Gasteiger partial charge in [-0.3, -0.25) is 4.90 Å². The Morgan fingerprint density at radius 3 is 2.00 bits per heavy atom. The summed E-state index contributed by atoms with van der Waals surface area (Å²) in [4.78, 5) is 2.34. The molecule has 3 heteroatoms. The Morgan fingerprint density at radius 1 is 0.615 bits per heavy atom. The van der Waals surface area contributed by atoms with E-state index in [2.05, 4.69) is 71.6 Å². The molecule has 0 saturated heterocycles. The minimum Gasteiger partial charge on any atom is -0.297 e. The molecule has 0 radical (unpaired) electrons. The third-order valence-corrected chi connectivity index (χ3v) is 5.40. The summed E-state index contributed by atoms with van der Waals surface area (Å²) in [5, 5.41) is 7.80. The van der Waals surface area contributed by atoms with Crippen molar-refractivity contribution >= 4 is 55.5 Å². The highest BCUT2D eigenvalue weighted by atomic mass is 35.5. The van der Waals surface area contributed by atoms with E-state index in [1.54, 1.807) is 0 Å². The average molecular weight is 382 g/mol. The normalized spacial score (nSPS) is 11.8. The molecular weight excluding hydrogens is 361 g/mol. The van der Waals surface area contributed by atoms with Crippen molar-refractivity contribution in [1.29, 1.82) is 0 Å². The third-order valence-electron chi connectivity index (χ3n) is 5.06. The predicted molar refractivity (Wildman–Crippen MR) is 116 cm³/mol. The van der Waals surface area contributed by atoms with E-state index in [0.29, 0.717) is 11.8 Å². The Balaban J connectivity index is 1.99. The first kappa shape index (κ1) is 17.6. The topological polar surface area (TPSA) is 3.24 Å². The van der Waals surface area contributed by atoms with Crippen LogP contribution in [-0.2, 0) is 6.54 Å². The zero-order chi connectivity index (χ0) is 17.9. The van der Waals surface area contributed by atoms with Crippen LogP contribution >= 0.6 is 23.2 Å². The summed E-state index contributed by atoms with van der Waals surface area (Å²) >= 11 is 12.1. The molecule has 0 spiro atoms. The Kier molecular flexibility index (Phi) is 5.31. The molecule has 0 aliphatic rings. The lowest BCUT2D eigenvalue weighted by molar-refractivity contribution is 0.301. The molecule has 26 heavy (non-hydrogen) atoms. The Bertz CT molecular complexity index is 1050. The fourth-order valence-electron chi connectivity index (χ4n) is 3.82. The number of nitrogens with zero attached hydrogens (tertiary/aromatic N) is 1. The van der Waals surface area contributed by atoms with Gasteiger partial charge in [-0.2, -0.15) is 0 Å². The van der Waals surface area contributed by atoms with Crippen molar-refractivity contribution in [3.63, 3.8) is 0 Å². The van der Waals surface area contributed by atoms with E-state index < -0.39 is 0 Å². The van der Waals surface area contributed by atoms with Gasteiger partial charge in [-0.15, -0.1) is 23.2 Å². The van der Waals surface area contributed by atoms with Crippen LogP contribution in [0.25, 0.3) is 32.3 Å². The Morgan fingerprint density at radius 2 is 1.27 bits per heavy atom. The summed E-state index contributed by atoms with van der Waals surface area (Å²) in [5.74, 6) is 1.23. The highest BCUT2D eigenvalue weighted by Crippen LogP contribution is 2.34. The number of hydrogen-bond donors (Lipinski definition) is 0. The molecule has 4 rings (SSSR count). The van der Waals surface area contributed by atoms with E-state index in [9.17, 15) is 0 Å². The zero-order valence-corrected chi connectivity index (χ0v) is 16.1. The lowest BCUT2D eigenvalue weighted by atomic mass is 9.93. The van der Waals surface area contributed by atoms with Crippen LogP contribution in [0.15, 0.2) is 66.7 Å². The molecule has 0 fully saturated rings. The zero-order valence-electron chi connectivity index (χ0n) is 14.6. The smallest absolute Gasteiger partial charge is 0.0351 e. The molecule has 4 aromatic rings. The third kappa shape index (κ3) is 3.27. The van der Waals surface area contributed by atoms with Crippen molar-refractivity contribution < 1.29 is 0 Å². The van der Waals surface area contributed by atoms with Gasteiger partial charge in [0.15, 0.2) is 0 Å². The molecule has 132 valence electrons. The molecule has 4 aromatic carbocycles. The Labute approximate surface area is 164 Å². The molecule has 0 unspecified atom stereocenters. The number of benzene rings is 4. The van der Waals surface area contributed by atoms with Gasteiger partial charge in [-0.25, -0.2) is 0 Å². The minimum absolute atomic E-state index is 0.614. The average Bonchev–Trinajstić information content (AvgIpc) is 2.68. The van der Waals surface area contributed by atoms with Crippen molar-refractivity contribution in [3.05, 3.63) is 72.3 Å². The summed E-state index contributed by atoms with van der Waals surface area (Å²) in [6.07, 6.45) is 0. The summed E-state index contributed by atoms with van der Waals surface area (Å²) in [6, 6.07) is 24.1. The Hall–Kier alpha value is -1.80. The molecule has 0 aliphatic heterocycles. The van der Waals surface area contributed by atoms with E-state index in [4.69, 9.17) is 23.2 Å². The standard InChI is InChI=1S/C23H21Cl2N/c24-11-13-26(14-12-25)16-23-20-8-4-2-6-18(20)15-22-19-7-3-1-5-17(19)9-10-21(22)23/h1-10,15H,11-14,16H2. The largest absolute Gasteiger partial charge is 0.297 e. The van der Waals surface area contributed by atoms with Gasteiger partial charge in [0.1, 0.15) is 0 Å². The van der Waals surface area contributed by atoms with Crippen molar-refractivity contribution in [2.45, 2.75) is 6.54 Å². The highest BCUT2D eigenvalue weighted by molar-refractivity contribution is 6.18. The van der Waals surface area contributed by atoms with E-state index in [1.165, 1.54) is 37.9 Å². The summed E-state index contributed by atoms with van der Waals surface area (Å²) in [5.41, 5.74) is 1.36. The molecule has 1 nitrogen and oxygen atoms in total. The first-order valence-electron chi connectivity index (χ1n) is 8.98. The van der Waals surface area contributed by atoms with Crippen LogP contribution in [-0.4, -0.2) is 29.7 Å². The number of alkyl halides is 2. The fraction of sp³-hybridized carbons (Fsp3) is 0.217. The second-order valence-electron chi connectivity index (χ2n) is 6.61. The van der Waals surface area contributed by atoms with Crippen LogP contribution in [0.2, 0.25) is 0 Å². The summed E-state index contributed by atoms with van der Waals surface area (Å²) in [6.45, 7) is 2.54. The molecule has 0 heterocycles. The summed E-state index contributed by atoms with van der Waals surface area (Å²) < 4.78 is 0. The van der Waals surface area contributed by atoms with E-state index in [-0.39, 0.29) is 0 Å². The van der Waals surface area contributed by atoms with E-state index in [0.717, 1.165) is 19.6 Å². The van der Waals surface area contributed by atoms with Crippen LogP contribution < -0.4 is 0 Å². The van der Waals surface area contributed by atoms with Gasteiger partial charge in [0.2, 0.25) is 0 Å². The monoisotopic (exact) mass is 381 g/mol. The quantitative estimate of drug-likeness (QED) is 0.211. The first-order chi connectivity index (χ1) is 12.8. The van der Waals surface area contributed by atoms with Crippen LogP contribution in [0.4, 0.5) is 0 Å². The van der Waals surface area contributed by atoms with Crippen LogP contribution in [0, 0.1) is 0 Å². The lowest BCUT2D eigenvalue weighted by Crippen LogP contribution is -2.27. The minimum atomic E-state index is 0.614. The summed E-state index contributed by atoms with van der Waals surface area (Å²) in [7, 11) is 0. The van der Waals surface area contributed by atoms with Crippen molar-refractivity contribution in [3.8, 4) is 0 Å². The molecule has 0 aromatic heterocycles. The number of halogens is 2. The van der Waals surface area contributed by atoms with Crippen molar-refractivity contribution in [2.24, 2.45) is 0 Å². The fourth-order valence-corrected chi connectivity index (χ4v) is 4.29. The molecule has 0 saturated carbocycles. The SMILES string of the molecule is ClCCN(CCCl)Cc1c2ccccc2cc2c1ccc1ccccc12. The number of rotatable bonds is 6. The van der Waals surface area contributed by atoms with Gasteiger partial charge in [0.25, 0.3) is 0 Å². The van der Waals surface area contributed by atoms with Gasteiger partial charge in [0, 0.05) is 31.4 Å². The van der Waals surface area contributed by atoms with E-state index >= 15 is 0 Å². The van der Waals surface area contributed by atoms with Crippen LogP contribution in [0.5, 0.6) is 0 Å². The van der Waals surface area contributed by atoms with Crippen LogP contribution in [0.1, 0.15) is 5.56 Å². The number of hydrogen-bond acceptors (Lipinski definition) is 1. The lowest BCUT2D eigenvalue weighted by Gasteiger charge is -2.23.